The molecular formula is C42H77NO3. The van der Waals surface area contributed by atoms with Gasteiger partial charge in [0.05, 0.1) is 6.10 Å². The molecule has 1 N–H and O–H groups in total. The molecule has 2 unspecified atom stereocenters. The predicted molar refractivity (Wildman–Crippen MR) is 202 cm³/mol. The van der Waals surface area contributed by atoms with Gasteiger partial charge in [0.1, 0.15) is 6.10 Å². The summed E-state index contributed by atoms with van der Waals surface area (Å²) in [5.74, 6) is -0.159. The Bertz CT molecular complexity index is 754. The van der Waals surface area contributed by atoms with Gasteiger partial charge in [-0.15, -0.1) is 0 Å². The van der Waals surface area contributed by atoms with Crippen molar-refractivity contribution < 1.29 is 14.6 Å². The number of allylic oxidation sites excluding steroid dienone is 8. The third kappa shape index (κ3) is 33.7. The minimum absolute atomic E-state index is 0.159. The highest BCUT2D eigenvalue weighted by atomic mass is 16.6. The minimum atomic E-state index is -0.554. The van der Waals surface area contributed by atoms with E-state index < -0.39 is 6.10 Å². The largest absolute Gasteiger partial charge is 0.460 e. The fraction of sp³-hybridized carbons (Fsp3) is 0.786. The lowest BCUT2D eigenvalue weighted by molar-refractivity contribution is -0.156. The number of rotatable bonds is 34. The quantitative estimate of drug-likeness (QED) is 0.0430. The molecule has 4 nitrogen and oxygen atoms in total. The highest BCUT2D eigenvalue weighted by Crippen LogP contribution is 2.19. The van der Waals surface area contributed by atoms with Crippen LogP contribution in [-0.2, 0) is 9.53 Å². The maximum absolute atomic E-state index is 12.5. The molecule has 0 aromatic rings. The molecule has 0 bridgehead atoms. The summed E-state index contributed by atoms with van der Waals surface area (Å²) in [6.45, 7) is 5.37. The predicted octanol–water partition coefficient (Wildman–Crippen LogP) is 12.2. The van der Waals surface area contributed by atoms with Crippen molar-refractivity contribution in [1.82, 2.24) is 4.90 Å². The molecule has 0 aliphatic heterocycles. The highest BCUT2D eigenvalue weighted by Gasteiger charge is 2.22. The van der Waals surface area contributed by atoms with E-state index in [-0.39, 0.29) is 12.1 Å². The van der Waals surface area contributed by atoms with E-state index >= 15 is 0 Å². The first kappa shape index (κ1) is 44.4. The first-order chi connectivity index (χ1) is 22.5. The summed E-state index contributed by atoms with van der Waals surface area (Å²) in [4.78, 5) is 14.6. The Morgan fingerprint density at radius 1 is 0.565 bits per heavy atom. The van der Waals surface area contributed by atoms with Crippen molar-refractivity contribution in [2.75, 3.05) is 20.6 Å². The third-order valence-electron chi connectivity index (χ3n) is 8.59. The number of hydrogen-bond acceptors (Lipinski definition) is 4. The molecular weight excluding hydrogens is 566 g/mol. The number of ether oxygens (including phenoxy) is 1. The molecule has 0 saturated heterocycles. The first-order valence-electron chi connectivity index (χ1n) is 19.6. The first-order valence-corrected chi connectivity index (χ1v) is 19.6. The van der Waals surface area contributed by atoms with Crippen LogP contribution in [0.1, 0.15) is 181 Å². The van der Waals surface area contributed by atoms with Gasteiger partial charge in [-0.25, -0.2) is 0 Å². The normalized spacial score (nSPS) is 13.7. The topological polar surface area (TPSA) is 49.8 Å². The van der Waals surface area contributed by atoms with Crippen molar-refractivity contribution >= 4 is 5.97 Å². The molecule has 0 aromatic carbocycles. The Hall–Kier alpha value is -1.65. The van der Waals surface area contributed by atoms with E-state index in [2.05, 4.69) is 67.4 Å². The van der Waals surface area contributed by atoms with Gasteiger partial charge in [0.2, 0.25) is 0 Å². The lowest BCUT2D eigenvalue weighted by atomic mass is 9.99. The van der Waals surface area contributed by atoms with E-state index in [1.54, 1.807) is 0 Å². The Morgan fingerprint density at radius 2 is 0.978 bits per heavy atom. The van der Waals surface area contributed by atoms with Gasteiger partial charge < -0.3 is 14.7 Å². The fourth-order valence-electron chi connectivity index (χ4n) is 5.60. The number of nitrogens with zero attached hydrogens (tertiary/aromatic N) is 1. The van der Waals surface area contributed by atoms with Crippen LogP contribution in [0.15, 0.2) is 48.6 Å². The molecule has 0 radical (unpaired) electrons. The Balaban J connectivity index is 4.18. The Morgan fingerprint density at radius 3 is 1.43 bits per heavy atom. The molecule has 0 spiro atoms. The molecule has 46 heavy (non-hydrogen) atoms. The van der Waals surface area contributed by atoms with Gasteiger partial charge in [-0.05, 0) is 111 Å². The molecule has 0 saturated carbocycles. The van der Waals surface area contributed by atoms with Gasteiger partial charge in [-0.1, -0.05) is 133 Å². The maximum atomic E-state index is 12.5. The number of esters is 1. The number of aliphatic hydroxyl groups excluding tert-OH is 1. The van der Waals surface area contributed by atoms with Gasteiger partial charge in [-0.3, -0.25) is 4.79 Å². The average molecular weight is 644 g/mol. The lowest BCUT2D eigenvalue weighted by Gasteiger charge is -2.23. The van der Waals surface area contributed by atoms with Crippen LogP contribution < -0.4 is 0 Å². The maximum Gasteiger partial charge on any atom is 0.306 e. The van der Waals surface area contributed by atoms with Crippen LogP contribution in [0.4, 0.5) is 0 Å². The van der Waals surface area contributed by atoms with E-state index in [4.69, 9.17) is 4.74 Å². The van der Waals surface area contributed by atoms with Crippen molar-refractivity contribution in [2.24, 2.45) is 0 Å². The van der Waals surface area contributed by atoms with Gasteiger partial charge in [0.25, 0.3) is 0 Å². The molecule has 0 amide bonds. The number of carbonyl (C=O) groups excluding carboxylic acids is 1. The van der Waals surface area contributed by atoms with Crippen LogP contribution in [0, 0.1) is 0 Å². The second-order valence-corrected chi connectivity index (χ2v) is 13.5. The Kier molecular flexibility index (Phi) is 34.9. The lowest BCUT2D eigenvalue weighted by Crippen LogP contribution is -2.31. The zero-order valence-corrected chi connectivity index (χ0v) is 31.1. The average Bonchev–Trinajstić information content (AvgIpc) is 3.03. The van der Waals surface area contributed by atoms with Crippen LogP contribution in [0.3, 0.4) is 0 Å². The van der Waals surface area contributed by atoms with Crippen LogP contribution in [0.2, 0.25) is 0 Å². The smallest absolute Gasteiger partial charge is 0.306 e. The number of hydrogen-bond donors (Lipinski definition) is 1. The van der Waals surface area contributed by atoms with Crippen LogP contribution in [0.25, 0.3) is 0 Å². The second-order valence-electron chi connectivity index (χ2n) is 13.5. The molecule has 0 heterocycles. The van der Waals surface area contributed by atoms with Crippen molar-refractivity contribution in [2.45, 2.75) is 193 Å². The van der Waals surface area contributed by atoms with Gasteiger partial charge in [0, 0.05) is 6.42 Å². The van der Waals surface area contributed by atoms with Crippen LogP contribution >= 0.6 is 0 Å². The van der Waals surface area contributed by atoms with E-state index in [0.29, 0.717) is 6.42 Å². The second kappa shape index (κ2) is 36.2. The minimum Gasteiger partial charge on any atom is -0.460 e. The summed E-state index contributed by atoms with van der Waals surface area (Å²) < 4.78 is 5.85. The summed E-state index contributed by atoms with van der Waals surface area (Å²) in [6.07, 6.45) is 46.6. The summed E-state index contributed by atoms with van der Waals surface area (Å²) in [5, 5.41) is 11.0. The Labute approximate surface area is 287 Å². The van der Waals surface area contributed by atoms with Crippen LogP contribution in [0.5, 0.6) is 0 Å². The fourth-order valence-corrected chi connectivity index (χ4v) is 5.60. The molecule has 0 aliphatic carbocycles. The zero-order valence-electron chi connectivity index (χ0n) is 31.1. The van der Waals surface area contributed by atoms with Crippen molar-refractivity contribution in [3.05, 3.63) is 48.6 Å². The van der Waals surface area contributed by atoms with Crippen molar-refractivity contribution in [3.63, 3.8) is 0 Å². The van der Waals surface area contributed by atoms with Gasteiger partial charge in [-0.2, -0.15) is 0 Å². The van der Waals surface area contributed by atoms with Gasteiger partial charge in [0.15, 0.2) is 0 Å². The molecule has 2 atom stereocenters. The van der Waals surface area contributed by atoms with Gasteiger partial charge >= 0.3 is 5.97 Å². The SMILES string of the molecule is CCCCC/C=C\C/C=C\CCCCCCCC(O)C(CCCCCCC/C=C\C/C=C\CCCCC)OC(=O)CCCN(C)C. The molecule has 4 heteroatoms. The van der Waals surface area contributed by atoms with E-state index in [0.717, 1.165) is 77.2 Å². The summed E-state index contributed by atoms with van der Waals surface area (Å²) in [5.41, 5.74) is 0. The monoisotopic (exact) mass is 644 g/mol. The standard InChI is InChI=1S/C42H77NO3/c1-5-7-9-11-13-15-17-19-21-23-25-27-29-31-33-36-40(44)41(46-42(45)38-35-39-43(3)4)37-34-32-30-28-26-24-22-20-18-16-14-12-10-8-6-2/h13-16,19-22,40-41,44H,5-12,17-18,23-39H2,1-4H3/b15-13-,16-14-,21-19-,22-20-. The molecule has 268 valence electrons. The zero-order chi connectivity index (χ0) is 33.8. The van der Waals surface area contributed by atoms with E-state index in [9.17, 15) is 9.90 Å². The highest BCUT2D eigenvalue weighted by molar-refractivity contribution is 5.69. The van der Waals surface area contributed by atoms with Crippen molar-refractivity contribution in [3.8, 4) is 0 Å². The summed E-state index contributed by atoms with van der Waals surface area (Å²) in [7, 11) is 4.04. The van der Waals surface area contributed by atoms with E-state index in [1.165, 1.54) is 89.9 Å². The molecule has 0 aliphatic rings. The third-order valence-corrected chi connectivity index (χ3v) is 8.59. The molecule has 0 fully saturated rings. The number of aliphatic hydroxyl groups is 1. The molecule has 0 aromatic heterocycles. The van der Waals surface area contributed by atoms with Crippen molar-refractivity contribution in [1.29, 1.82) is 0 Å². The van der Waals surface area contributed by atoms with Crippen LogP contribution in [-0.4, -0.2) is 48.8 Å². The molecule has 0 rings (SSSR count). The summed E-state index contributed by atoms with van der Waals surface area (Å²) in [6, 6.07) is 0. The number of unbranched alkanes of at least 4 members (excludes halogenated alkanes) is 16. The number of carbonyl (C=O) groups is 1. The summed E-state index contributed by atoms with van der Waals surface area (Å²) >= 11 is 0. The van der Waals surface area contributed by atoms with E-state index in [1.807, 2.05) is 14.1 Å².